The highest BCUT2D eigenvalue weighted by molar-refractivity contribution is 7.53. The number of hydrogen-bond donors (Lipinski definition) is 0. The predicted molar refractivity (Wildman–Crippen MR) is 111 cm³/mol. The number of rotatable bonds is 9. The third-order valence-electron chi connectivity index (χ3n) is 4.07. The SMILES string of the molecule is CCOP(=O)(CO[C@@H]1C=C[C@H](n2cc(C=NC)c3c(Cl)nc(C)nc32)O1)OCC. The summed E-state index contributed by atoms with van der Waals surface area (Å²) in [4.78, 5) is 12.8. The van der Waals surface area contributed by atoms with E-state index in [9.17, 15) is 4.57 Å². The van der Waals surface area contributed by atoms with Crippen LogP contribution in [0.25, 0.3) is 11.0 Å². The van der Waals surface area contributed by atoms with Crippen molar-refractivity contribution in [1.29, 1.82) is 0 Å². The highest BCUT2D eigenvalue weighted by Gasteiger charge is 2.29. The largest absolute Gasteiger partial charge is 0.356 e. The van der Waals surface area contributed by atoms with Gasteiger partial charge in [-0.25, -0.2) is 9.97 Å². The molecule has 2 aromatic heterocycles. The first-order valence-electron chi connectivity index (χ1n) is 9.21. The average molecular weight is 443 g/mol. The standard InChI is InChI=1S/C18H24ClN4O5P/c1-5-26-29(24,27-6-2)11-25-15-8-7-14(28-15)23-10-13(9-20-4)16-17(19)21-12(3)22-18(16)23/h7-10,14-15H,5-6,11H2,1-4H3/t14-,15+/m1/s1. The minimum atomic E-state index is -3.32. The van der Waals surface area contributed by atoms with Crippen LogP contribution in [0.2, 0.25) is 5.15 Å². The van der Waals surface area contributed by atoms with Crippen molar-refractivity contribution < 1.29 is 23.1 Å². The maximum Gasteiger partial charge on any atom is 0.356 e. The van der Waals surface area contributed by atoms with Crippen molar-refractivity contribution in [2.24, 2.45) is 4.99 Å². The van der Waals surface area contributed by atoms with E-state index in [-0.39, 0.29) is 19.6 Å². The summed E-state index contributed by atoms with van der Waals surface area (Å²) in [6, 6.07) is 0. The topological polar surface area (TPSA) is 97.1 Å². The van der Waals surface area contributed by atoms with E-state index in [0.29, 0.717) is 22.0 Å². The number of aliphatic imine (C=N–C) groups is 1. The Morgan fingerprint density at radius 2 is 2.03 bits per heavy atom. The first-order chi connectivity index (χ1) is 13.9. The normalized spacial score (nSPS) is 19.8. The lowest BCUT2D eigenvalue weighted by atomic mass is 10.2. The summed E-state index contributed by atoms with van der Waals surface area (Å²) in [7, 11) is -1.64. The molecule has 0 unspecified atom stereocenters. The second kappa shape index (κ2) is 9.47. The van der Waals surface area contributed by atoms with Crippen LogP contribution < -0.4 is 0 Å². The number of halogens is 1. The molecular weight excluding hydrogens is 419 g/mol. The van der Waals surface area contributed by atoms with Crippen LogP contribution in [-0.2, 0) is 23.1 Å². The Labute approximate surface area is 174 Å². The van der Waals surface area contributed by atoms with Crippen LogP contribution in [0.1, 0.15) is 31.5 Å². The summed E-state index contributed by atoms with van der Waals surface area (Å²) < 4.78 is 36.4. The Hall–Kier alpha value is -1.61. The molecule has 0 saturated carbocycles. The highest BCUT2D eigenvalue weighted by atomic mass is 35.5. The molecule has 3 heterocycles. The van der Waals surface area contributed by atoms with Gasteiger partial charge < -0.3 is 23.1 Å². The molecule has 0 aromatic carbocycles. The molecule has 11 heteroatoms. The third kappa shape index (κ3) is 4.94. The molecule has 9 nitrogen and oxygen atoms in total. The molecule has 0 bridgehead atoms. The summed E-state index contributed by atoms with van der Waals surface area (Å²) in [6.45, 7) is 5.80. The zero-order valence-corrected chi connectivity index (χ0v) is 18.4. The van der Waals surface area contributed by atoms with Crippen molar-refractivity contribution in [3.05, 3.63) is 34.9 Å². The third-order valence-corrected chi connectivity index (χ3v) is 6.11. The van der Waals surface area contributed by atoms with Crippen molar-refractivity contribution in [3.63, 3.8) is 0 Å². The van der Waals surface area contributed by atoms with Crippen molar-refractivity contribution in [3.8, 4) is 0 Å². The number of nitrogens with zero attached hydrogens (tertiary/aromatic N) is 4. The molecule has 3 rings (SSSR count). The molecule has 0 N–H and O–H groups in total. The molecule has 2 atom stereocenters. The Balaban J connectivity index is 1.79. The lowest BCUT2D eigenvalue weighted by molar-refractivity contribution is -0.126. The minimum absolute atomic E-state index is 0.205. The van der Waals surface area contributed by atoms with Crippen molar-refractivity contribution in [2.75, 3.05) is 26.6 Å². The van der Waals surface area contributed by atoms with Crippen LogP contribution in [0.15, 0.2) is 23.3 Å². The summed E-state index contributed by atoms with van der Waals surface area (Å²) in [5, 5.41) is 1.05. The van der Waals surface area contributed by atoms with Crippen LogP contribution in [0.4, 0.5) is 0 Å². The van der Waals surface area contributed by atoms with Gasteiger partial charge in [-0.05, 0) is 32.9 Å². The second-order valence-electron chi connectivity index (χ2n) is 6.16. The molecule has 0 saturated heterocycles. The van der Waals surface area contributed by atoms with Gasteiger partial charge in [-0.15, -0.1) is 0 Å². The van der Waals surface area contributed by atoms with Gasteiger partial charge in [-0.2, -0.15) is 0 Å². The van der Waals surface area contributed by atoms with Crippen molar-refractivity contribution in [1.82, 2.24) is 14.5 Å². The number of ether oxygens (including phenoxy) is 2. The molecule has 29 heavy (non-hydrogen) atoms. The van der Waals surface area contributed by atoms with Crippen LogP contribution in [0.3, 0.4) is 0 Å². The summed E-state index contributed by atoms with van der Waals surface area (Å²) in [5.74, 6) is 0.547. The van der Waals surface area contributed by atoms with Crippen molar-refractivity contribution in [2.45, 2.75) is 33.3 Å². The van der Waals surface area contributed by atoms with Crippen molar-refractivity contribution >= 4 is 36.4 Å². The van der Waals surface area contributed by atoms with Gasteiger partial charge in [0, 0.05) is 25.0 Å². The number of hydrogen-bond acceptors (Lipinski definition) is 8. The molecule has 0 aliphatic carbocycles. The number of fused-ring (bicyclic) bond motifs is 1. The molecule has 2 aromatic rings. The zero-order chi connectivity index (χ0) is 21.0. The maximum atomic E-state index is 12.5. The summed E-state index contributed by atoms with van der Waals surface area (Å²) in [5.41, 5.74) is 1.41. The molecule has 1 aliphatic rings. The van der Waals surface area contributed by atoms with E-state index in [2.05, 4.69) is 15.0 Å². The predicted octanol–water partition coefficient (Wildman–Crippen LogP) is 4.09. The maximum absolute atomic E-state index is 12.5. The van der Waals surface area contributed by atoms with Crippen LogP contribution >= 0.6 is 19.2 Å². The van der Waals surface area contributed by atoms with E-state index in [1.165, 1.54) is 0 Å². The fraction of sp³-hybridized carbons (Fsp3) is 0.500. The van der Waals surface area contributed by atoms with Gasteiger partial charge in [0.15, 0.2) is 18.9 Å². The quantitative estimate of drug-likeness (QED) is 0.249. The Morgan fingerprint density at radius 3 is 2.69 bits per heavy atom. The van der Waals surface area contributed by atoms with Crippen LogP contribution in [0, 0.1) is 6.92 Å². The highest BCUT2D eigenvalue weighted by Crippen LogP contribution is 2.48. The lowest BCUT2D eigenvalue weighted by Crippen LogP contribution is -2.17. The van der Waals surface area contributed by atoms with E-state index >= 15 is 0 Å². The first kappa shape index (κ1) is 22.1. The van der Waals surface area contributed by atoms with Gasteiger partial charge in [-0.1, -0.05) is 11.6 Å². The van der Waals surface area contributed by atoms with Crippen LogP contribution in [0.5, 0.6) is 0 Å². The smallest absolute Gasteiger partial charge is 0.336 e. The number of aromatic nitrogens is 3. The molecular formula is C18H24ClN4O5P. The molecule has 0 spiro atoms. The number of aryl methyl sites for hydroxylation is 1. The Kier molecular flexibility index (Phi) is 7.21. The Bertz CT molecular complexity index is 967. The van der Waals surface area contributed by atoms with Gasteiger partial charge in [0.2, 0.25) is 0 Å². The molecule has 158 valence electrons. The zero-order valence-electron chi connectivity index (χ0n) is 16.7. The first-order valence-corrected chi connectivity index (χ1v) is 11.3. The van der Waals surface area contributed by atoms with E-state index in [0.717, 1.165) is 5.56 Å². The minimum Gasteiger partial charge on any atom is -0.336 e. The Morgan fingerprint density at radius 1 is 1.31 bits per heavy atom. The molecule has 0 radical (unpaired) electrons. The lowest BCUT2D eigenvalue weighted by Gasteiger charge is -2.20. The van der Waals surface area contributed by atoms with E-state index in [1.807, 2.05) is 16.8 Å². The van der Waals surface area contributed by atoms with E-state index in [4.69, 9.17) is 30.1 Å². The molecule has 0 amide bonds. The second-order valence-corrected chi connectivity index (χ2v) is 8.52. The van der Waals surface area contributed by atoms with Gasteiger partial charge >= 0.3 is 7.60 Å². The molecule has 1 aliphatic heterocycles. The van der Waals surface area contributed by atoms with Gasteiger partial charge in [0.05, 0.1) is 18.6 Å². The summed E-state index contributed by atoms with van der Waals surface area (Å²) in [6.07, 6.45) is 5.72. The molecule has 0 fully saturated rings. The van der Waals surface area contributed by atoms with Gasteiger partial charge in [0.1, 0.15) is 16.6 Å². The van der Waals surface area contributed by atoms with E-state index in [1.54, 1.807) is 40.1 Å². The fourth-order valence-electron chi connectivity index (χ4n) is 3.00. The van der Waals surface area contributed by atoms with Crippen LogP contribution in [-0.4, -0.2) is 53.6 Å². The monoisotopic (exact) mass is 442 g/mol. The van der Waals surface area contributed by atoms with Gasteiger partial charge in [-0.3, -0.25) is 9.56 Å². The van der Waals surface area contributed by atoms with Gasteiger partial charge in [0.25, 0.3) is 0 Å². The fourth-order valence-corrected chi connectivity index (χ4v) is 4.66. The summed E-state index contributed by atoms with van der Waals surface area (Å²) >= 11 is 6.34. The van der Waals surface area contributed by atoms with E-state index < -0.39 is 20.1 Å². The average Bonchev–Trinajstić information content (AvgIpc) is 3.26.